The summed E-state index contributed by atoms with van der Waals surface area (Å²) in [5, 5.41) is 2.98. The Morgan fingerprint density at radius 2 is 1.70 bits per heavy atom. The molecule has 27 heavy (non-hydrogen) atoms. The van der Waals surface area contributed by atoms with Crippen LogP contribution in [0, 0.1) is 0 Å². The zero-order valence-electron chi connectivity index (χ0n) is 14.5. The Kier molecular flexibility index (Phi) is 5.61. The number of amides is 3. The zero-order chi connectivity index (χ0) is 19.4. The molecule has 2 aromatic carbocycles. The minimum absolute atomic E-state index is 0.211. The molecule has 0 radical (unpaired) electrons. The fourth-order valence-electron chi connectivity index (χ4n) is 2.64. The number of carbonyl (C=O) groups excluding carboxylic acids is 3. The van der Waals surface area contributed by atoms with Gasteiger partial charge in [-0.2, -0.15) is 0 Å². The summed E-state index contributed by atoms with van der Waals surface area (Å²) in [6.45, 7) is 0.127. The maximum Gasteiger partial charge on any atom is 0.262 e. The summed E-state index contributed by atoms with van der Waals surface area (Å²) in [5.41, 5.74) is 0.461. The summed E-state index contributed by atoms with van der Waals surface area (Å²) in [4.78, 5) is 37.5. The Morgan fingerprint density at radius 1 is 1.04 bits per heavy atom. The smallest absolute Gasteiger partial charge is 0.262 e. The van der Waals surface area contributed by atoms with Gasteiger partial charge in [-0.3, -0.25) is 19.3 Å². The Balaban J connectivity index is 1.47. The highest BCUT2D eigenvalue weighted by atomic mass is 35.5. The molecule has 0 aliphatic carbocycles. The van der Waals surface area contributed by atoms with E-state index in [0.29, 0.717) is 10.8 Å². The van der Waals surface area contributed by atoms with Crippen LogP contribution in [0.4, 0.5) is 0 Å². The number of carbonyl (C=O) groups is 3. The van der Waals surface area contributed by atoms with Crippen LogP contribution in [0.3, 0.4) is 0 Å². The third-order valence-corrected chi connectivity index (χ3v) is 4.22. The van der Waals surface area contributed by atoms with Crippen LogP contribution in [-0.4, -0.2) is 49.4 Å². The number of nitrogens with zero attached hydrogens (tertiary/aromatic N) is 1. The lowest BCUT2D eigenvalue weighted by atomic mass is 10.1. The summed E-state index contributed by atoms with van der Waals surface area (Å²) < 4.78 is 10.6. The molecule has 0 spiro atoms. The van der Waals surface area contributed by atoms with Crippen molar-refractivity contribution >= 4 is 29.3 Å². The molecule has 8 heteroatoms. The molecule has 1 heterocycles. The summed E-state index contributed by atoms with van der Waals surface area (Å²) in [7, 11) is 1.58. The summed E-state index contributed by atoms with van der Waals surface area (Å²) >= 11 is 5.86. The van der Waals surface area contributed by atoms with Crippen molar-refractivity contribution < 1.29 is 23.9 Å². The molecule has 0 aromatic heterocycles. The topological polar surface area (TPSA) is 84.9 Å². The molecule has 1 N–H and O–H groups in total. The first-order chi connectivity index (χ1) is 13.0. The first kappa shape index (κ1) is 18.7. The molecule has 0 atom stereocenters. The van der Waals surface area contributed by atoms with Crippen LogP contribution in [0.15, 0.2) is 42.5 Å². The van der Waals surface area contributed by atoms with Gasteiger partial charge in [0.25, 0.3) is 11.8 Å². The lowest BCUT2D eigenvalue weighted by Gasteiger charge is -2.14. The first-order valence-electron chi connectivity index (χ1n) is 8.19. The zero-order valence-corrected chi connectivity index (χ0v) is 15.3. The maximum absolute atomic E-state index is 12.3. The molecule has 0 saturated carbocycles. The van der Waals surface area contributed by atoms with Gasteiger partial charge < -0.3 is 14.8 Å². The Hall–Kier alpha value is -3.06. The number of imide groups is 1. The fraction of sp³-hybridized carbons (Fsp3) is 0.211. The highest BCUT2D eigenvalue weighted by molar-refractivity contribution is 6.32. The average molecular weight is 389 g/mol. The van der Waals surface area contributed by atoms with Crippen LogP contribution in [0.25, 0.3) is 0 Å². The SMILES string of the molecule is COc1ccc(OCCNC(=O)CN2C(=O)c3ccc(Cl)cc3C2=O)cc1. The van der Waals surface area contributed by atoms with Gasteiger partial charge in [0.15, 0.2) is 0 Å². The third kappa shape index (κ3) is 4.20. The Labute approximate surface area is 160 Å². The number of hydrogen-bond donors (Lipinski definition) is 1. The number of halogens is 1. The fourth-order valence-corrected chi connectivity index (χ4v) is 2.81. The van der Waals surface area contributed by atoms with Crippen LogP contribution < -0.4 is 14.8 Å². The molecule has 2 aromatic rings. The van der Waals surface area contributed by atoms with Crippen molar-refractivity contribution in [2.24, 2.45) is 0 Å². The minimum atomic E-state index is -0.526. The van der Waals surface area contributed by atoms with Crippen molar-refractivity contribution in [2.75, 3.05) is 26.8 Å². The Bertz CT molecular complexity index is 882. The normalized spacial score (nSPS) is 12.7. The van der Waals surface area contributed by atoms with Crippen molar-refractivity contribution in [3.8, 4) is 11.5 Å². The van der Waals surface area contributed by atoms with Gasteiger partial charge in [0.05, 0.1) is 24.8 Å². The van der Waals surface area contributed by atoms with Gasteiger partial charge in [-0.25, -0.2) is 0 Å². The van der Waals surface area contributed by atoms with E-state index in [1.807, 2.05) is 0 Å². The number of methoxy groups -OCH3 is 1. The van der Waals surface area contributed by atoms with E-state index in [9.17, 15) is 14.4 Å². The number of ether oxygens (including phenoxy) is 2. The van der Waals surface area contributed by atoms with Crippen molar-refractivity contribution in [2.45, 2.75) is 0 Å². The number of benzene rings is 2. The van der Waals surface area contributed by atoms with Crippen molar-refractivity contribution in [3.05, 3.63) is 58.6 Å². The molecular formula is C19H17ClN2O5. The van der Waals surface area contributed by atoms with Crippen molar-refractivity contribution in [3.63, 3.8) is 0 Å². The van der Waals surface area contributed by atoms with Crippen LogP contribution in [0.2, 0.25) is 5.02 Å². The maximum atomic E-state index is 12.3. The van der Waals surface area contributed by atoms with Crippen molar-refractivity contribution in [1.82, 2.24) is 10.2 Å². The second-order valence-electron chi connectivity index (χ2n) is 5.76. The molecule has 7 nitrogen and oxygen atoms in total. The molecule has 3 rings (SSSR count). The summed E-state index contributed by atoms with van der Waals surface area (Å²) in [6.07, 6.45) is 0. The second kappa shape index (κ2) is 8.09. The number of fused-ring (bicyclic) bond motifs is 1. The van der Waals surface area contributed by atoms with Gasteiger partial charge in [0.2, 0.25) is 5.91 Å². The molecule has 140 valence electrons. The van der Waals surface area contributed by atoms with Gasteiger partial charge in [-0.1, -0.05) is 11.6 Å². The molecule has 3 amide bonds. The molecule has 0 unspecified atom stereocenters. The van der Waals surface area contributed by atoms with Crippen LogP contribution in [0.5, 0.6) is 11.5 Å². The van der Waals surface area contributed by atoms with Gasteiger partial charge in [-0.05, 0) is 42.5 Å². The van der Waals surface area contributed by atoms with Crippen LogP contribution >= 0.6 is 11.6 Å². The molecule has 1 aliphatic heterocycles. The van der Waals surface area contributed by atoms with Gasteiger partial charge in [0.1, 0.15) is 24.7 Å². The summed E-state index contributed by atoms with van der Waals surface area (Å²) in [6, 6.07) is 11.5. The van der Waals surface area contributed by atoms with Gasteiger partial charge in [-0.15, -0.1) is 0 Å². The number of hydrogen-bond acceptors (Lipinski definition) is 5. The van der Waals surface area contributed by atoms with E-state index in [4.69, 9.17) is 21.1 Å². The van der Waals surface area contributed by atoms with Crippen LogP contribution in [0.1, 0.15) is 20.7 Å². The summed E-state index contributed by atoms with van der Waals surface area (Å²) in [5.74, 6) is -0.118. The first-order valence-corrected chi connectivity index (χ1v) is 8.56. The number of rotatable bonds is 7. The number of nitrogens with one attached hydrogen (secondary N) is 1. The largest absolute Gasteiger partial charge is 0.497 e. The third-order valence-electron chi connectivity index (χ3n) is 3.99. The Morgan fingerprint density at radius 3 is 2.41 bits per heavy atom. The highest BCUT2D eigenvalue weighted by Crippen LogP contribution is 2.25. The van der Waals surface area contributed by atoms with E-state index in [1.54, 1.807) is 31.4 Å². The molecular weight excluding hydrogens is 372 g/mol. The monoisotopic (exact) mass is 388 g/mol. The average Bonchev–Trinajstić information content (AvgIpc) is 2.90. The standard InChI is InChI=1S/C19H17ClN2O5/c1-26-13-3-5-14(6-4-13)27-9-8-21-17(23)11-22-18(24)15-7-2-12(20)10-16(15)19(22)25/h2-7,10H,8-9,11H2,1H3,(H,21,23). The quantitative estimate of drug-likeness (QED) is 0.580. The van der Waals surface area contributed by atoms with E-state index in [1.165, 1.54) is 18.2 Å². The van der Waals surface area contributed by atoms with E-state index < -0.39 is 17.7 Å². The molecule has 0 fully saturated rings. The molecule has 0 bridgehead atoms. The van der Waals surface area contributed by atoms with E-state index in [0.717, 1.165) is 10.6 Å². The van der Waals surface area contributed by atoms with Gasteiger partial charge >= 0.3 is 0 Å². The highest BCUT2D eigenvalue weighted by Gasteiger charge is 2.36. The van der Waals surface area contributed by atoms with E-state index in [2.05, 4.69) is 5.32 Å². The molecule has 0 saturated heterocycles. The molecule has 1 aliphatic rings. The minimum Gasteiger partial charge on any atom is -0.497 e. The lowest BCUT2D eigenvalue weighted by Crippen LogP contribution is -2.41. The predicted octanol–water partition coefficient (Wildman–Crippen LogP) is 2.14. The predicted molar refractivity (Wildman–Crippen MR) is 98.3 cm³/mol. The van der Waals surface area contributed by atoms with E-state index >= 15 is 0 Å². The van der Waals surface area contributed by atoms with Crippen molar-refractivity contribution in [1.29, 1.82) is 0 Å². The van der Waals surface area contributed by atoms with Gasteiger partial charge in [0, 0.05) is 5.02 Å². The van der Waals surface area contributed by atoms with E-state index in [-0.39, 0.29) is 30.8 Å². The second-order valence-corrected chi connectivity index (χ2v) is 6.20. The van der Waals surface area contributed by atoms with Crippen LogP contribution in [-0.2, 0) is 4.79 Å². The lowest BCUT2D eigenvalue weighted by molar-refractivity contribution is -0.121.